The number of amides is 1. The first kappa shape index (κ1) is 17.3. The summed E-state index contributed by atoms with van der Waals surface area (Å²) in [7, 11) is 1.62. The Hall–Kier alpha value is -3.12. The second-order valence-electron chi connectivity index (χ2n) is 5.86. The highest BCUT2D eigenvalue weighted by Gasteiger charge is 2.12. The Kier molecular flexibility index (Phi) is 4.64. The normalized spacial score (nSPS) is 10.7. The number of benzene rings is 3. The van der Waals surface area contributed by atoms with Crippen LogP contribution in [0, 0.1) is 0 Å². The number of aromatic nitrogens is 1. The summed E-state index contributed by atoms with van der Waals surface area (Å²) in [4.78, 5) is 17.0. The molecule has 3 aromatic carbocycles. The number of nitrogens with zero attached hydrogens (tertiary/aromatic N) is 1. The van der Waals surface area contributed by atoms with E-state index in [1.165, 1.54) is 0 Å². The summed E-state index contributed by atoms with van der Waals surface area (Å²) in [6.45, 7) is 0. The monoisotopic (exact) mass is 422 g/mol. The SMILES string of the molecule is COc1ccc(-c2nc3ccc(NC(=O)c4ccccc4Br)cc3o2)cc1. The summed E-state index contributed by atoms with van der Waals surface area (Å²) >= 11 is 3.39. The number of rotatable bonds is 4. The molecule has 27 heavy (non-hydrogen) atoms. The van der Waals surface area contributed by atoms with Gasteiger partial charge in [-0.05, 0) is 64.5 Å². The molecule has 134 valence electrons. The maximum Gasteiger partial charge on any atom is 0.256 e. The summed E-state index contributed by atoms with van der Waals surface area (Å²) in [6.07, 6.45) is 0. The van der Waals surface area contributed by atoms with E-state index in [0.29, 0.717) is 22.7 Å². The molecule has 6 heteroatoms. The highest BCUT2D eigenvalue weighted by Crippen LogP contribution is 2.28. The lowest BCUT2D eigenvalue weighted by molar-refractivity contribution is 0.102. The average Bonchev–Trinajstić information content (AvgIpc) is 3.11. The van der Waals surface area contributed by atoms with Gasteiger partial charge in [-0.3, -0.25) is 4.79 Å². The smallest absolute Gasteiger partial charge is 0.256 e. The quantitative estimate of drug-likeness (QED) is 0.470. The molecule has 1 amide bonds. The van der Waals surface area contributed by atoms with Gasteiger partial charge in [-0.2, -0.15) is 0 Å². The lowest BCUT2D eigenvalue weighted by Crippen LogP contribution is -2.12. The van der Waals surface area contributed by atoms with E-state index in [4.69, 9.17) is 9.15 Å². The standard InChI is InChI=1S/C21H15BrN2O3/c1-26-15-9-6-13(7-10-15)21-24-18-11-8-14(12-19(18)27-21)23-20(25)16-4-2-3-5-17(16)22/h2-12H,1H3,(H,23,25). The van der Waals surface area contributed by atoms with E-state index in [0.717, 1.165) is 21.3 Å². The molecule has 0 aliphatic heterocycles. The van der Waals surface area contributed by atoms with Crippen LogP contribution in [-0.4, -0.2) is 18.0 Å². The number of hydrogen-bond donors (Lipinski definition) is 1. The fourth-order valence-electron chi connectivity index (χ4n) is 2.70. The third-order valence-corrected chi connectivity index (χ3v) is 4.79. The Morgan fingerprint density at radius 2 is 1.85 bits per heavy atom. The molecule has 0 bridgehead atoms. The lowest BCUT2D eigenvalue weighted by Gasteiger charge is -2.06. The number of hydrogen-bond acceptors (Lipinski definition) is 4. The lowest BCUT2D eigenvalue weighted by atomic mass is 10.2. The molecular weight excluding hydrogens is 408 g/mol. The van der Waals surface area contributed by atoms with Gasteiger partial charge < -0.3 is 14.5 Å². The molecule has 0 spiro atoms. The molecule has 5 nitrogen and oxygen atoms in total. The minimum Gasteiger partial charge on any atom is -0.497 e. The van der Waals surface area contributed by atoms with Crippen LogP contribution in [0.4, 0.5) is 5.69 Å². The minimum atomic E-state index is -0.197. The van der Waals surface area contributed by atoms with Gasteiger partial charge in [0.05, 0.1) is 12.7 Å². The molecule has 0 unspecified atom stereocenters. The van der Waals surface area contributed by atoms with Crippen molar-refractivity contribution in [3.8, 4) is 17.2 Å². The third kappa shape index (κ3) is 3.57. The zero-order valence-electron chi connectivity index (χ0n) is 14.4. The van der Waals surface area contributed by atoms with E-state index in [1.54, 1.807) is 25.3 Å². The first-order valence-corrected chi connectivity index (χ1v) is 9.04. The number of nitrogens with one attached hydrogen (secondary N) is 1. The van der Waals surface area contributed by atoms with Crippen molar-refractivity contribution < 1.29 is 13.9 Å². The largest absolute Gasteiger partial charge is 0.497 e. The molecule has 4 aromatic rings. The van der Waals surface area contributed by atoms with Crippen molar-refractivity contribution in [2.24, 2.45) is 0 Å². The van der Waals surface area contributed by atoms with E-state index in [9.17, 15) is 4.79 Å². The number of methoxy groups -OCH3 is 1. The number of ether oxygens (including phenoxy) is 1. The van der Waals surface area contributed by atoms with Crippen molar-refractivity contribution in [2.75, 3.05) is 12.4 Å². The van der Waals surface area contributed by atoms with Gasteiger partial charge >= 0.3 is 0 Å². The fourth-order valence-corrected chi connectivity index (χ4v) is 3.17. The number of carbonyl (C=O) groups excluding carboxylic acids is 1. The van der Waals surface area contributed by atoms with Crippen molar-refractivity contribution >= 4 is 38.6 Å². The molecule has 1 heterocycles. The van der Waals surface area contributed by atoms with E-state index >= 15 is 0 Å². The van der Waals surface area contributed by atoms with Gasteiger partial charge in [-0.15, -0.1) is 0 Å². The van der Waals surface area contributed by atoms with Crippen molar-refractivity contribution in [1.29, 1.82) is 0 Å². The van der Waals surface area contributed by atoms with Crippen molar-refractivity contribution in [3.05, 3.63) is 76.8 Å². The maximum absolute atomic E-state index is 12.5. The van der Waals surface area contributed by atoms with Crippen LogP contribution in [0.25, 0.3) is 22.6 Å². The van der Waals surface area contributed by atoms with Gasteiger partial charge in [0.25, 0.3) is 5.91 Å². The van der Waals surface area contributed by atoms with Gasteiger partial charge in [0.2, 0.25) is 5.89 Å². The van der Waals surface area contributed by atoms with Crippen LogP contribution in [0.2, 0.25) is 0 Å². The predicted octanol–water partition coefficient (Wildman–Crippen LogP) is 5.52. The Bertz CT molecular complexity index is 1120. The number of anilines is 1. The maximum atomic E-state index is 12.5. The zero-order chi connectivity index (χ0) is 18.8. The second-order valence-corrected chi connectivity index (χ2v) is 6.72. The molecule has 1 aromatic heterocycles. The summed E-state index contributed by atoms with van der Waals surface area (Å²) in [6, 6.07) is 20.1. The summed E-state index contributed by atoms with van der Waals surface area (Å²) < 4.78 is 11.8. The molecule has 1 N–H and O–H groups in total. The van der Waals surface area contributed by atoms with Crippen molar-refractivity contribution in [1.82, 2.24) is 4.98 Å². The molecular formula is C21H15BrN2O3. The summed E-state index contributed by atoms with van der Waals surface area (Å²) in [5, 5.41) is 2.88. The zero-order valence-corrected chi connectivity index (χ0v) is 16.0. The van der Waals surface area contributed by atoms with Crippen LogP contribution in [0.5, 0.6) is 5.75 Å². The molecule has 0 radical (unpaired) electrons. The van der Waals surface area contributed by atoms with E-state index in [1.807, 2.05) is 48.5 Å². The predicted molar refractivity (Wildman–Crippen MR) is 108 cm³/mol. The van der Waals surface area contributed by atoms with Crippen LogP contribution < -0.4 is 10.1 Å². The average molecular weight is 423 g/mol. The van der Waals surface area contributed by atoms with Gasteiger partial charge in [-0.1, -0.05) is 12.1 Å². The summed E-state index contributed by atoms with van der Waals surface area (Å²) in [5.41, 5.74) is 3.38. The van der Waals surface area contributed by atoms with E-state index in [2.05, 4.69) is 26.2 Å². The van der Waals surface area contributed by atoms with Crippen LogP contribution >= 0.6 is 15.9 Å². The van der Waals surface area contributed by atoms with Crippen LogP contribution in [0.3, 0.4) is 0 Å². The Labute approximate surface area is 164 Å². The number of fused-ring (bicyclic) bond motifs is 1. The highest BCUT2D eigenvalue weighted by molar-refractivity contribution is 9.10. The molecule has 0 saturated heterocycles. The first-order chi connectivity index (χ1) is 13.1. The first-order valence-electron chi connectivity index (χ1n) is 8.25. The van der Waals surface area contributed by atoms with Gasteiger partial charge in [-0.25, -0.2) is 4.98 Å². The molecule has 0 fully saturated rings. The van der Waals surface area contributed by atoms with Crippen molar-refractivity contribution in [2.45, 2.75) is 0 Å². The Morgan fingerprint density at radius 3 is 2.59 bits per heavy atom. The van der Waals surface area contributed by atoms with Crippen LogP contribution in [0.15, 0.2) is 75.6 Å². The fraction of sp³-hybridized carbons (Fsp3) is 0.0476. The Morgan fingerprint density at radius 1 is 1.07 bits per heavy atom. The van der Waals surface area contributed by atoms with Gasteiger partial charge in [0, 0.05) is 21.8 Å². The van der Waals surface area contributed by atoms with E-state index in [-0.39, 0.29) is 5.91 Å². The topological polar surface area (TPSA) is 64.4 Å². The molecule has 0 atom stereocenters. The van der Waals surface area contributed by atoms with Crippen LogP contribution in [-0.2, 0) is 0 Å². The molecule has 0 aliphatic rings. The van der Waals surface area contributed by atoms with Gasteiger partial charge in [0.1, 0.15) is 11.3 Å². The molecule has 0 saturated carbocycles. The molecule has 4 rings (SSSR count). The third-order valence-electron chi connectivity index (χ3n) is 4.10. The van der Waals surface area contributed by atoms with Crippen LogP contribution in [0.1, 0.15) is 10.4 Å². The number of oxazole rings is 1. The Balaban J connectivity index is 1.60. The number of halogens is 1. The molecule has 0 aliphatic carbocycles. The second kappa shape index (κ2) is 7.25. The highest BCUT2D eigenvalue weighted by atomic mass is 79.9. The number of carbonyl (C=O) groups is 1. The van der Waals surface area contributed by atoms with Crippen molar-refractivity contribution in [3.63, 3.8) is 0 Å². The minimum absolute atomic E-state index is 0.197. The van der Waals surface area contributed by atoms with Gasteiger partial charge in [0.15, 0.2) is 5.58 Å². The summed E-state index contributed by atoms with van der Waals surface area (Å²) in [5.74, 6) is 1.09. The van der Waals surface area contributed by atoms with E-state index < -0.39 is 0 Å².